The first-order chi connectivity index (χ1) is 7.06. The first kappa shape index (κ1) is 12.2. The van der Waals surface area contributed by atoms with Gasteiger partial charge in [-0.2, -0.15) is 0 Å². The Balaban J connectivity index is 2.56. The summed E-state index contributed by atoms with van der Waals surface area (Å²) in [6.45, 7) is 7.61. The first-order valence-corrected chi connectivity index (χ1v) is 5.30. The summed E-state index contributed by atoms with van der Waals surface area (Å²) in [6.07, 6.45) is 3.53. The van der Waals surface area contributed by atoms with Gasteiger partial charge in [-0.3, -0.25) is 9.69 Å². The molecular weight excluding hydrogens is 192 g/mol. The van der Waals surface area contributed by atoms with Crippen LogP contribution in [0.3, 0.4) is 0 Å². The minimum absolute atomic E-state index is 0.0589. The van der Waals surface area contributed by atoms with Crippen LogP contribution in [0.5, 0.6) is 0 Å². The fourth-order valence-electron chi connectivity index (χ4n) is 1.61. The van der Waals surface area contributed by atoms with Gasteiger partial charge in [-0.15, -0.1) is 0 Å². The van der Waals surface area contributed by atoms with Crippen LogP contribution in [0.15, 0.2) is 12.2 Å². The smallest absolute Gasteiger partial charge is 0.243 e. The van der Waals surface area contributed by atoms with Gasteiger partial charge in [-0.25, -0.2) is 0 Å². The van der Waals surface area contributed by atoms with Crippen molar-refractivity contribution in [3.05, 3.63) is 12.2 Å². The number of rotatable bonds is 3. The lowest BCUT2D eigenvalue weighted by molar-refractivity contribution is -0.116. The van der Waals surface area contributed by atoms with Crippen molar-refractivity contribution in [2.24, 2.45) is 0 Å². The monoisotopic (exact) mass is 212 g/mol. The Morgan fingerprint density at radius 3 is 2.53 bits per heavy atom. The molecule has 86 valence electrons. The van der Waals surface area contributed by atoms with Crippen LogP contribution in [0.2, 0.25) is 0 Å². The Morgan fingerprint density at radius 1 is 1.40 bits per heavy atom. The van der Waals surface area contributed by atoms with E-state index in [4.69, 9.17) is 4.74 Å². The number of hydrogen-bond acceptors (Lipinski definition) is 3. The van der Waals surface area contributed by atoms with E-state index in [1.165, 1.54) is 0 Å². The lowest BCUT2D eigenvalue weighted by atomic mass is 10.0. The van der Waals surface area contributed by atoms with Crippen LogP contribution >= 0.6 is 0 Å². The molecule has 0 aromatic rings. The second-order valence-corrected chi connectivity index (χ2v) is 4.20. The van der Waals surface area contributed by atoms with E-state index in [-0.39, 0.29) is 11.4 Å². The normalized spacial score (nSPS) is 19.4. The van der Waals surface area contributed by atoms with E-state index in [0.717, 1.165) is 26.3 Å². The van der Waals surface area contributed by atoms with E-state index < -0.39 is 0 Å². The molecule has 0 aromatic carbocycles. The van der Waals surface area contributed by atoms with Crippen molar-refractivity contribution in [3.63, 3.8) is 0 Å². The molecule has 0 aliphatic carbocycles. The fraction of sp³-hybridized carbons (Fsp3) is 0.727. The molecule has 15 heavy (non-hydrogen) atoms. The molecule has 1 amide bonds. The number of amides is 1. The summed E-state index contributed by atoms with van der Waals surface area (Å²) in [6, 6.07) is 0. The van der Waals surface area contributed by atoms with E-state index in [1.54, 1.807) is 13.1 Å². The number of nitrogens with zero attached hydrogens (tertiary/aromatic N) is 1. The second kappa shape index (κ2) is 5.28. The number of carbonyl (C=O) groups excluding carboxylic acids is 1. The Hall–Kier alpha value is -0.870. The van der Waals surface area contributed by atoms with Gasteiger partial charge in [0.25, 0.3) is 0 Å². The molecule has 0 unspecified atom stereocenters. The standard InChI is InChI=1S/C11H20N2O2/c1-11(2,5-4-10(14)12-3)13-6-8-15-9-7-13/h4-5H,6-9H2,1-3H3,(H,12,14)/b5-4+. The molecular formula is C11H20N2O2. The molecule has 0 saturated carbocycles. The van der Waals surface area contributed by atoms with E-state index in [0.29, 0.717) is 0 Å². The zero-order valence-corrected chi connectivity index (χ0v) is 9.75. The molecule has 1 aliphatic heterocycles. The van der Waals surface area contributed by atoms with Crippen LogP contribution in [0, 0.1) is 0 Å². The Kier molecular flexibility index (Phi) is 4.29. The SMILES string of the molecule is CNC(=O)/C=C/C(C)(C)N1CCOCC1. The molecule has 4 nitrogen and oxygen atoms in total. The average Bonchev–Trinajstić information content (AvgIpc) is 2.27. The molecule has 1 N–H and O–H groups in total. The molecule has 0 atom stereocenters. The Labute approximate surface area is 91.3 Å². The van der Waals surface area contributed by atoms with Crippen molar-refractivity contribution in [1.82, 2.24) is 10.2 Å². The lowest BCUT2D eigenvalue weighted by Gasteiger charge is -2.38. The van der Waals surface area contributed by atoms with E-state index in [1.807, 2.05) is 6.08 Å². The predicted molar refractivity (Wildman–Crippen MR) is 59.7 cm³/mol. The van der Waals surface area contributed by atoms with E-state index >= 15 is 0 Å². The van der Waals surface area contributed by atoms with Crippen LogP contribution in [-0.2, 0) is 9.53 Å². The summed E-state index contributed by atoms with van der Waals surface area (Å²) >= 11 is 0. The van der Waals surface area contributed by atoms with E-state index in [9.17, 15) is 4.79 Å². The number of nitrogens with one attached hydrogen (secondary N) is 1. The van der Waals surface area contributed by atoms with Crippen molar-refractivity contribution in [1.29, 1.82) is 0 Å². The van der Waals surface area contributed by atoms with Crippen molar-refractivity contribution in [3.8, 4) is 0 Å². The van der Waals surface area contributed by atoms with Crippen LogP contribution in [0.25, 0.3) is 0 Å². The highest BCUT2D eigenvalue weighted by molar-refractivity contribution is 5.87. The predicted octanol–water partition coefficient (Wildman–Crippen LogP) is 0.399. The van der Waals surface area contributed by atoms with Crippen LogP contribution < -0.4 is 5.32 Å². The third-order valence-electron chi connectivity index (χ3n) is 2.72. The molecule has 0 aromatic heterocycles. The van der Waals surface area contributed by atoms with Gasteiger partial charge in [0.2, 0.25) is 5.91 Å². The maximum absolute atomic E-state index is 11.1. The highest BCUT2D eigenvalue weighted by Crippen LogP contribution is 2.17. The van der Waals surface area contributed by atoms with Gasteiger partial charge in [0.15, 0.2) is 0 Å². The largest absolute Gasteiger partial charge is 0.379 e. The third kappa shape index (κ3) is 3.64. The highest BCUT2D eigenvalue weighted by atomic mass is 16.5. The van der Waals surface area contributed by atoms with Gasteiger partial charge in [-0.05, 0) is 13.8 Å². The van der Waals surface area contributed by atoms with Crippen LogP contribution in [-0.4, -0.2) is 49.7 Å². The molecule has 4 heteroatoms. The number of ether oxygens (including phenoxy) is 1. The van der Waals surface area contributed by atoms with Gasteiger partial charge >= 0.3 is 0 Å². The zero-order valence-electron chi connectivity index (χ0n) is 9.75. The molecule has 1 heterocycles. The average molecular weight is 212 g/mol. The first-order valence-electron chi connectivity index (χ1n) is 5.30. The minimum atomic E-state index is -0.0870. The number of carbonyl (C=O) groups is 1. The summed E-state index contributed by atoms with van der Waals surface area (Å²) in [7, 11) is 1.63. The van der Waals surface area contributed by atoms with Gasteiger partial charge in [0.1, 0.15) is 0 Å². The van der Waals surface area contributed by atoms with Gasteiger partial charge in [0, 0.05) is 31.8 Å². The van der Waals surface area contributed by atoms with Crippen molar-refractivity contribution >= 4 is 5.91 Å². The number of likely N-dealkylation sites (N-methyl/N-ethyl adjacent to an activating group) is 1. The number of morpholine rings is 1. The summed E-state index contributed by atoms with van der Waals surface area (Å²) in [5.74, 6) is -0.0589. The fourth-order valence-corrected chi connectivity index (χ4v) is 1.61. The summed E-state index contributed by atoms with van der Waals surface area (Å²) in [4.78, 5) is 13.4. The Morgan fingerprint density at radius 2 is 2.00 bits per heavy atom. The summed E-state index contributed by atoms with van der Waals surface area (Å²) in [5, 5.41) is 2.57. The van der Waals surface area contributed by atoms with Crippen molar-refractivity contribution in [2.75, 3.05) is 33.4 Å². The molecule has 0 bridgehead atoms. The summed E-state index contributed by atoms with van der Waals surface area (Å²) in [5.41, 5.74) is -0.0870. The van der Waals surface area contributed by atoms with Gasteiger partial charge in [0.05, 0.1) is 13.2 Å². The zero-order chi connectivity index (χ0) is 11.3. The molecule has 1 saturated heterocycles. The van der Waals surface area contributed by atoms with Gasteiger partial charge in [-0.1, -0.05) is 6.08 Å². The Bertz CT molecular complexity index is 243. The topological polar surface area (TPSA) is 41.6 Å². The highest BCUT2D eigenvalue weighted by Gasteiger charge is 2.25. The lowest BCUT2D eigenvalue weighted by Crippen LogP contribution is -2.48. The minimum Gasteiger partial charge on any atom is -0.379 e. The molecule has 1 fully saturated rings. The molecule has 1 aliphatic rings. The quantitative estimate of drug-likeness (QED) is 0.688. The molecule has 1 rings (SSSR count). The maximum atomic E-state index is 11.1. The van der Waals surface area contributed by atoms with Crippen LogP contribution in [0.1, 0.15) is 13.8 Å². The van der Waals surface area contributed by atoms with E-state index in [2.05, 4.69) is 24.1 Å². The molecule has 0 spiro atoms. The van der Waals surface area contributed by atoms with Crippen LogP contribution in [0.4, 0.5) is 0 Å². The van der Waals surface area contributed by atoms with Crippen molar-refractivity contribution in [2.45, 2.75) is 19.4 Å². The van der Waals surface area contributed by atoms with Gasteiger partial charge < -0.3 is 10.1 Å². The third-order valence-corrected chi connectivity index (χ3v) is 2.72. The molecule has 0 radical (unpaired) electrons. The van der Waals surface area contributed by atoms with Crippen molar-refractivity contribution < 1.29 is 9.53 Å². The summed E-state index contributed by atoms with van der Waals surface area (Å²) < 4.78 is 5.30. The number of hydrogen-bond donors (Lipinski definition) is 1. The maximum Gasteiger partial charge on any atom is 0.243 e. The second-order valence-electron chi connectivity index (χ2n) is 4.20.